The topological polar surface area (TPSA) is 92.9 Å². The smallest absolute Gasteiger partial charge is 0.270 e. The second-order valence-corrected chi connectivity index (χ2v) is 5.90. The third kappa shape index (κ3) is 4.28. The Morgan fingerprint density at radius 3 is 2.61 bits per heavy atom. The fourth-order valence-electron chi connectivity index (χ4n) is 2.79. The van der Waals surface area contributed by atoms with Crippen LogP contribution in [0.5, 0.6) is 0 Å². The molecule has 23 heavy (non-hydrogen) atoms. The summed E-state index contributed by atoms with van der Waals surface area (Å²) < 4.78 is 4.99. The molecule has 7 nitrogen and oxygen atoms in total. The van der Waals surface area contributed by atoms with E-state index in [9.17, 15) is 4.79 Å². The van der Waals surface area contributed by atoms with Crippen LogP contribution in [-0.2, 0) is 0 Å². The third-order valence-corrected chi connectivity index (χ3v) is 3.97. The number of nitrogens with one attached hydrogen (secondary N) is 2. The number of rotatable bonds is 4. The van der Waals surface area contributed by atoms with Crippen LogP contribution in [0.3, 0.4) is 0 Å². The van der Waals surface area contributed by atoms with Gasteiger partial charge in [0.05, 0.1) is 0 Å². The van der Waals surface area contributed by atoms with Crippen LogP contribution in [0.1, 0.15) is 54.8 Å². The fraction of sp³-hybridized carbons (Fsp3) is 0.500. The molecule has 0 spiro atoms. The zero-order valence-electron chi connectivity index (χ0n) is 13.2. The minimum absolute atomic E-state index is 0.154. The van der Waals surface area contributed by atoms with Crippen molar-refractivity contribution in [3.8, 4) is 0 Å². The Bertz CT molecular complexity index is 662. The van der Waals surface area contributed by atoms with E-state index in [-0.39, 0.29) is 11.9 Å². The molecular formula is C16H21N5O2. The summed E-state index contributed by atoms with van der Waals surface area (Å²) in [5.41, 5.74) is 0.354. The van der Waals surface area contributed by atoms with Crippen LogP contribution in [-0.4, -0.2) is 27.1 Å². The van der Waals surface area contributed by atoms with Crippen molar-refractivity contribution in [1.29, 1.82) is 0 Å². The first-order valence-corrected chi connectivity index (χ1v) is 8.04. The van der Waals surface area contributed by atoms with Gasteiger partial charge in [-0.25, -0.2) is 9.97 Å². The number of carbonyl (C=O) groups is 1. The van der Waals surface area contributed by atoms with Crippen LogP contribution < -0.4 is 10.6 Å². The summed E-state index contributed by atoms with van der Waals surface area (Å²) >= 11 is 0. The lowest BCUT2D eigenvalue weighted by Crippen LogP contribution is -2.34. The highest BCUT2D eigenvalue weighted by Gasteiger charge is 2.17. The minimum Gasteiger partial charge on any atom is -0.360 e. The summed E-state index contributed by atoms with van der Waals surface area (Å²) in [5, 5.41) is 9.92. The highest BCUT2D eigenvalue weighted by Crippen LogP contribution is 2.18. The maximum atomic E-state index is 12.4. The van der Waals surface area contributed by atoms with Crippen LogP contribution in [0.25, 0.3) is 0 Å². The van der Waals surface area contributed by atoms with E-state index in [0.717, 1.165) is 12.8 Å². The number of carbonyl (C=O) groups excluding carboxylic acids is 1. The predicted molar refractivity (Wildman–Crippen MR) is 85.5 cm³/mol. The minimum atomic E-state index is -0.154. The molecule has 0 aliphatic heterocycles. The molecule has 1 aliphatic rings. The van der Waals surface area contributed by atoms with Gasteiger partial charge in [-0.05, 0) is 19.8 Å². The quantitative estimate of drug-likeness (QED) is 0.843. The van der Waals surface area contributed by atoms with Crippen molar-refractivity contribution in [3.63, 3.8) is 0 Å². The average molecular weight is 315 g/mol. The number of aryl methyl sites for hydroxylation is 1. The van der Waals surface area contributed by atoms with Crippen molar-refractivity contribution in [1.82, 2.24) is 20.4 Å². The van der Waals surface area contributed by atoms with Crippen LogP contribution >= 0.6 is 0 Å². The van der Waals surface area contributed by atoms with Gasteiger partial charge in [0.15, 0.2) is 5.82 Å². The molecule has 3 rings (SSSR count). The maximum Gasteiger partial charge on any atom is 0.270 e. The van der Waals surface area contributed by atoms with E-state index in [1.54, 1.807) is 12.1 Å². The number of aromatic nitrogens is 3. The Kier molecular flexibility index (Phi) is 4.85. The Balaban J connectivity index is 1.65. The van der Waals surface area contributed by atoms with Crippen molar-refractivity contribution in [2.45, 2.75) is 51.5 Å². The molecule has 1 aliphatic carbocycles. The van der Waals surface area contributed by atoms with Gasteiger partial charge in [0.25, 0.3) is 5.91 Å². The summed E-state index contributed by atoms with van der Waals surface area (Å²) in [6, 6.07) is 3.62. The molecule has 2 heterocycles. The highest BCUT2D eigenvalue weighted by molar-refractivity contribution is 5.93. The zero-order chi connectivity index (χ0) is 16.1. The standard InChI is InChI=1S/C16H21N5O2/c1-11-8-15(21-23-11)20-14-9-13(17-10-18-14)16(22)19-12-6-4-2-3-5-7-12/h8-10,12H,2-7H2,1H3,(H,19,22)(H,17,18,20,21). The molecule has 2 N–H and O–H groups in total. The third-order valence-electron chi connectivity index (χ3n) is 3.97. The van der Waals surface area contributed by atoms with Gasteiger partial charge in [0, 0.05) is 18.2 Å². The maximum absolute atomic E-state index is 12.4. The predicted octanol–water partition coefficient (Wildman–Crippen LogP) is 2.97. The molecule has 0 bridgehead atoms. The molecule has 2 aromatic heterocycles. The normalized spacial score (nSPS) is 15.9. The zero-order valence-corrected chi connectivity index (χ0v) is 13.2. The van der Waals surface area contributed by atoms with Gasteiger partial charge in [-0.15, -0.1) is 0 Å². The summed E-state index contributed by atoms with van der Waals surface area (Å²) in [4.78, 5) is 20.5. The van der Waals surface area contributed by atoms with Crippen molar-refractivity contribution in [2.24, 2.45) is 0 Å². The molecule has 0 aromatic carbocycles. The number of hydrogen-bond donors (Lipinski definition) is 2. The van der Waals surface area contributed by atoms with Gasteiger partial charge in [-0.3, -0.25) is 4.79 Å². The van der Waals surface area contributed by atoms with E-state index in [4.69, 9.17) is 4.52 Å². The lowest BCUT2D eigenvalue weighted by atomic mass is 10.1. The van der Waals surface area contributed by atoms with Crippen molar-refractivity contribution < 1.29 is 9.32 Å². The first-order chi connectivity index (χ1) is 11.2. The Morgan fingerprint density at radius 1 is 1.13 bits per heavy atom. The lowest BCUT2D eigenvalue weighted by Gasteiger charge is -2.15. The Labute approximate surface area is 134 Å². The number of nitrogens with zero attached hydrogens (tertiary/aromatic N) is 3. The lowest BCUT2D eigenvalue weighted by molar-refractivity contribution is 0.0928. The van der Waals surface area contributed by atoms with Crippen molar-refractivity contribution >= 4 is 17.5 Å². The molecule has 0 saturated heterocycles. The molecule has 1 fully saturated rings. The van der Waals surface area contributed by atoms with Crippen LogP contribution in [0.2, 0.25) is 0 Å². The number of amides is 1. The molecule has 0 atom stereocenters. The van der Waals surface area contributed by atoms with E-state index in [1.807, 2.05) is 6.92 Å². The van der Waals surface area contributed by atoms with Gasteiger partial charge in [-0.2, -0.15) is 0 Å². The molecule has 7 heteroatoms. The molecular weight excluding hydrogens is 294 g/mol. The van der Waals surface area contributed by atoms with Crippen LogP contribution in [0.15, 0.2) is 23.0 Å². The molecule has 0 radical (unpaired) electrons. The summed E-state index contributed by atoms with van der Waals surface area (Å²) in [6.45, 7) is 1.81. The van der Waals surface area contributed by atoms with E-state index in [2.05, 4.69) is 25.8 Å². The second-order valence-electron chi connectivity index (χ2n) is 5.90. The summed E-state index contributed by atoms with van der Waals surface area (Å²) in [5.74, 6) is 1.61. The second kappa shape index (κ2) is 7.21. The van der Waals surface area contributed by atoms with Crippen molar-refractivity contribution in [2.75, 3.05) is 5.32 Å². The van der Waals surface area contributed by atoms with Gasteiger partial charge in [-0.1, -0.05) is 30.8 Å². The monoisotopic (exact) mass is 315 g/mol. The van der Waals surface area contributed by atoms with Gasteiger partial charge in [0.2, 0.25) is 0 Å². The molecule has 1 amide bonds. The molecule has 122 valence electrons. The molecule has 2 aromatic rings. The van der Waals surface area contributed by atoms with Gasteiger partial charge < -0.3 is 15.2 Å². The van der Waals surface area contributed by atoms with E-state index in [1.165, 1.54) is 32.0 Å². The fourth-order valence-corrected chi connectivity index (χ4v) is 2.79. The number of anilines is 2. The summed E-state index contributed by atoms with van der Waals surface area (Å²) in [7, 11) is 0. The number of hydrogen-bond acceptors (Lipinski definition) is 6. The Morgan fingerprint density at radius 2 is 1.91 bits per heavy atom. The largest absolute Gasteiger partial charge is 0.360 e. The van der Waals surface area contributed by atoms with E-state index >= 15 is 0 Å². The first-order valence-electron chi connectivity index (χ1n) is 8.04. The van der Waals surface area contributed by atoms with Gasteiger partial charge >= 0.3 is 0 Å². The molecule has 0 unspecified atom stereocenters. The highest BCUT2D eigenvalue weighted by atomic mass is 16.5. The van der Waals surface area contributed by atoms with Crippen molar-refractivity contribution in [3.05, 3.63) is 29.9 Å². The summed E-state index contributed by atoms with van der Waals surface area (Å²) in [6.07, 6.45) is 8.31. The van der Waals surface area contributed by atoms with Crippen LogP contribution in [0.4, 0.5) is 11.6 Å². The SMILES string of the molecule is Cc1cc(Nc2cc(C(=O)NC3CCCCCC3)ncn2)no1. The first kappa shape index (κ1) is 15.5. The Hall–Kier alpha value is -2.44. The average Bonchev–Trinajstić information content (AvgIpc) is 2.80. The molecule has 1 saturated carbocycles. The van der Waals surface area contributed by atoms with Gasteiger partial charge in [0.1, 0.15) is 23.6 Å². The van der Waals surface area contributed by atoms with E-state index < -0.39 is 0 Å². The van der Waals surface area contributed by atoms with Crippen LogP contribution in [0, 0.1) is 6.92 Å². The van der Waals surface area contributed by atoms with E-state index in [0.29, 0.717) is 23.1 Å².